The number of hydrogen-bond donors (Lipinski definition) is 1. The first-order valence-corrected chi connectivity index (χ1v) is 7.53. The van der Waals surface area contributed by atoms with Crippen LogP contribution >= 0.6 is 0 Å². The fourth-order valence-electron chi connectivity index (χ4n) is 2.42. The third kappa shape index (κ3) is 3.92. The summed E-state index contributed by atoms with van der Waals surface area (Å²) in [4.78, 5) is 0. The first-order chi connectivity index (χ1) is 9.92. The molecule has 0 amide bonds. The minimum Gasteiger partial charge on any atom is -0.324 e. The summed E-state index contributed by atoms with van der Waals surface area (Å²) in [5, 5.41) is 0. The van der Waals surface area contributed by atoms with E-state index in [-0.39, 0.29) is 17.3 Å². The maximum Gasteiger partial charge on any atom is 0.123 e. The predicted molar refractivity (Wildman–Crippen MR) is 86.8 cm³/mol. The van der Waals surface area contributed by atoms with Crippen LogP contribution in [0.2, 0.25) is 0 Å². The number of hydrogen-bond acceptors (Lipinski definition) is 1. The van der Waals surface area contributed by atoms with E-state index >= 15 is 0 Å². The predicted octanol–water partition coefficient (Wildman–Crippen LogP) is 4.76. The van der Waals surface area contributed by atoms with Crippen molar-refractivity contribution in [1.82, 2.24) is 0 Å². The van der Waals surface area contributed by atoms with Gasteiger partial charge in [0, 0.05) is 6.04 Å². The van der Waals surface area contributed by atoms with E-state index in [2.05, 4.69) is 45.0 Å². The average Bonchev–Trinajstić information content (AvgIpc) is 2.47. The second-order valence-electron chi connectivity index (χ2n) is 6.30. The molecule has 0 spiro atoms. The Morgan fingerprint density at radius 1 is 1.10 bits per heavy atom. The van der Waals surface area contributed by atoms with Crippen LogP contribution < -0.4 is 5.73 Å². The van der Waals surface area contributed by atoms with Crippen LogP contribution in [0.25, 0.3) is 0 Å². The SMILES string of the molecule is CCC(C)(C)c1ccc(C(N)Cc2cccc(F)c2)cc1. The molecule has 1 nitrogen and oxygen atoms in total. The van der Waals surface area contributed by atoms with Crippen LogP contribution in [0.4, 0.5) is 4.39 Å². The number of rotatable bonds is 5. The molecular formula is C19H24FN. The number of benzene rings is 2. The van der Waals surface area contributed by atoms with Gasteiger partial charge in [-0.2, -0.15) is 0 Å². The molecule has 0 aliphatic rings. The standard InChI is InChI=1S/C19H24FN/c1-4-19(2,3)16-10-8-15(9-11-16)18(21)13-14-6-5-7-17(20)12-14/h5-12,18H,4,13,21H2,1-3H3. The van der Waals surface area contributed by atoms with Crippen molar-refractivity contribution in [2.45, 2.75) is 45.1 Å². The monoisotopic (exact) mass is 285 g/mol. The highest BCUT2D eigenvalue weighted by molar-refractivity contribution is 5.30. The van der Waals surface area contributed by atoms with Crippen molar-refractivity contribution >= 4 is 0 Å². The summed E-state index contributed by atoms with van der Waals surface area (Å²) in [6, 6.07) is 15.0. The molecule has 0 saturated heterocycles. The average molecular weight is 285 g/mol. The molecule has 0 fully saturated rings. The van der Waals surface area contributed by atoms with Crippen LogP contribution in [-0.2, 0) is 11.8 Å². The Hall–Kier alpha value is -1.67. The van der Waals surface area contributed by atoms with Gasteiger partial charge in [-0.25, -0.2) is 4.39 Å². The fourth-order valence-corrected chi connectivity index (χ4v) is 2.42. The van der Waals surface area contributed by atoms with Crippen molar-refractivity contribution in [3.63, 3.8) is 0 Å². The summed E-state index contributed by atoms with van der Waals surface area (Å²) in [5.41, 5.74) is 9.78. The Morgan fingerprint density at radius 2 is 1.76 bits per heavy atom. The highest BCUT2D eigenvalue weighted by Gasteiger charge is 2.18. The molecule has 0 saturated carbocycles. The largest absolute Gasteiger partial charge is 0.324 e. The van der Waals surface area contributed by atoms with Crippen LogP contribution in [0, 0.1) is 5.82 Å². The summed E-state index contributed by atoms with van der Waals surface area (Å²) in [6.45, 7) is 6.69. The van der Waals surface area contributed by atoms with E-state index in [0.717, 1.165) is 17.5 Å². The van der Waals surface area contributed by atoms with Gasteiger partial charge in [-0.1, -0.05) is 57.2 Å². The molecule has 2 aromatic rings. The van der Waals surface area contributed by atoms with Gasteiger partial charge in [0.05, 0.1) is 0 Å². The first-order valence-electron chi connectivity index (χ1n) is 7.53. The van der Waals surface area contributed by atoms with Gasteiger partial charge < -0.3 is 5.73 Å². The molecule has 1 unspecified atom stereocenters. The molecule has 1 atom stereocenters. The molecule has 0 aliphatic carbocycles. The van der Waals surface area contributed by atoms with Gasteiger partial charge in [-0.3, -0.25) is 0 Å². The molecule has 0 aliphatic heterocycles. The number of halogens is 1. The van der Waals surface area contributed by atoms with Crippen LogP contribution in [0.1, 0.15) is 49.9 Å². The fraction of sp³-hybridized carbons (Fsp3) is 0.368. The Bertz CT molecular complexity index is 587. The summed E-state index contributed by atoms with van der Waals surface area (Å²) in [7, 11) is 0. The molecule has 2 rings (SSSR count). The van der Waals surface area contributed by atoms with E-state index in [9.17, 15) is 4.39 Å². The Kier molecular flexibility index (Phi) is 4.79. The van der Waals surface area contributed by atoms with E-state index in [4.69, 9.17) is 5.73 Å². The van der Waals surface area contributed by atoms with Gasteiger partial charge in [0.15, 0.2) is 0 Å². The van der Waals surface area contributed by atoms with Crippen molar-refractivity contribution in [3.8, 4) is 0 Å². The highest BCUT2D eigenvalue weighted by atomic mass is 19.1. The molecule has 2 heteroatoms. The van der Waals surface area contributed by atoms with Crippen molar-refractivity contribution in [1.29, 1.82) is 0 Å². The maximum absolute atomic E-state index is 13.2. The minimum absolute atomic E-state index is 0.106. The molecule has 2 N–H and O–H groups in total. The highest BCUT2D eigenvalue weighted by Crippen LogP contribution is 2.28. The second kappa shape index (κ2) is 6.40. The lowest BCUT2D eigenvalue weighted by atomic mass is 9.81. The zero-order valence-corrected chi connectivity index (χ0v) is 13.1. The van der Waals surface area contributed by atoms with Gasteiger partial charge >= 0.3 is 0 Å². The zero-order chi connectivity index (χ0) is 15.5. The Morgan fingerprint density at radius 3 is 2.33 bits per heavy atom. The van der Waals surface area contributed by atoms with E-state index in [1.807, 2.05) is 6.07 Å². The smallest absolute Gasteiger partial charge is 0.123 e. The first kappa shape index (κ1) is 15.7. The van der Waals surface area contributed by atoms with Gasteiger partial charge in [0.25, 0.3) is 0 Å². The third-order valence-corrected chi connectivity index (χ3v) is 4.35. The van der Waals surface area contributed by atoms with E-state index in [1.54, 1.807) is 12.1 Å². The molecule has 0 bridgehead atoms. The lowest BCUT2D eigenvalue weighted by molar-refractivity contribution is 0.506. The van der Waals surface area contributed by atoms with Crippen LogP contribution in [0.15, 0.2) is 48.5 Å². The third-order valence-electron chi connectivity index (χ3n) is 4.35. The summed E-state index contributed by atoms with van der Waals surface area (Å²) < 4.78 is 13.2. The topological polar surface area (TPSA) is 26.0 Å². The molecule has 112 valence electrons. The molecule has 0 aromatic heterocycles. The van der Waals surface area contributed by atoms with Crippen molar-refractivity contribution in [3.05, 3.63) is 71.0 Å². The minimum atomic E-state index is -0.209. The van der Waals surface area contributed by atoms with Gasteiger partial charge in [-0.05, 0) is 47.1 Å². The Labute approximate surface area is 127 Å². The van der Waals surface area contributed by atoms with E-state index in [0.29, 0.717) is 6.42 Å². The second-order valence-corrected chi connectivity index (χ2v) is 6.30. The normalized spacial score (nSPS) is 13.2. The molecule has 21 heavy (non-hydrogen) atoms. The van der Waals surface area contributed by atoms with Gasteiger partial charge in [0.1, 0.15) is 5.82 Å². The van der Waals surface area contributed by atoms with E-state index in [1.165, 1.54) is 11.6 Å². The van der Waals surface area contributed by atoms with Crippen molar-refractivity contribution < 1.29 is 4.39 Å². The zero-order valence-electron chi connectivity index (χ0n) is 13.1. The quantitative estimate of drug-likeness (QED) is 0.842. The molecule has 0 radical (unpaired) electrons. The number of nitrogens with two attached hydrogens (primary N) is 1. The van der Waals surface area contributed by atoms with Gasteiger partial charge in [-0.15, -0.1) is 0 Å². The Balaban J connectivity index is 2.11. The summed E-state index contributed by atoms with van der Waals surface area (Å²) >= 11 is 0. The molecular weight excluding hydrogens is 261 g/mol. The van der Waals surface area contributed by atoms with Crippen molar-refractivity contribution in [2.24, 2.45) is 5.73 Å². The van der Waals surface area contributed by atoms with Gasteiger partial charge in [0.2, 0.25) is 0 Å². The molecule has 0 heterocycles. The lowest BCUT2D eigenvalue weighted by Crippen LogP contribution is -2.17. The summed E-state index contributed by atoms with van der Waals surface area (Å²) in [6.07, 6.45) is 1.75. The van der Waals surface area contributed by atoms with Crippen LogP contribution in [0.5, 0.6) is 0 Å². The maximum atomic E-state index is 13.2. The van der Waals surface area contributed by atoms with Crippen LogP contribution in [-0.4, -0.2) is 0 Å². The van der Waals surface area contributed by atoms with E-state index < -0.39 is 0 Å². The van der Waals surface area contributed by atoms with Crippen LogP contribution in [0.3, 0.4) is 0 Å². The molecule has 2 aromatic carbocycles. The summed E-state index contributed by atoms with van der Waals surface area (Å²) in [5.74, 6) is -0.209. The van der Waals surface area contributed by atoms with Crippen molar-refractivity contribution in [2.75, 3.05) is 0 Å². The lowest BCUT2D eigenvalue weighted by Gasteiger charge is -2.24.